The third-order valence-corrected chi connectivity index (χ3v) is 1.38. The predicted octanol–water partition coefficient (Wildman–Crippen LogP) is 2.33. The zero-order valence-electron chi connectivity index (χ0n) is 6.05. The van der Waals surface area contributed by atoms with Crippen LogP contribution in [0.4, 0.5) is 5.69 Å². The van der Waals surface area contributed by atoms with E-state index < -0.39 is 0 Å². The number of nitrogens with zero attached hydrogens (tertiary/aromatic N) is 1. The van der Waals surface area contributed by atoms with Crippen LogP contribution in [0.5, 0.6) is 0 Å². The van der Waals surface area contributed by atoms with Gasteiger partial charge in [0.2, 0.25) is 0 Å². The number of nitrogens with one attached hydrogen (secondary N) is 1. The lowest BCUT2D eigenvalue weighted by Gasteiger charge is -2.01. The van der Waals surface area contributed by atoms with Crippen molar-refractivity contribution in [2.24, 2.45) is 0 Å². The molecule has 1 heterocycles. The van der Waals surface area contributed by atoms with Crippen molar-refractivity contribution in [1.82, 2.24) is 4.98 Å². The molecule has 1 N–H and O–H groups in total. The van der Waals surface area contributed by atoms with Crippen LogP contribution in [0.15, 0.2) is 31.0 Å². The Labute approximate surface area is 70.9 Å². The number of rotatable bonds is 3. The highest BCUT2D eigenvalue weighted by Crippen LogP contribution is 2.10. The molecule has 11 heavy (non-hydrogen) atoms. The summed E-state index contributed by atoms with van der Waals surface area (Å²) in [6, 6.07) is 3.63. The molecule has 58 valence electrons. The number of hydrogen-bond donors (Lipinski definition) is 1. The van der Waals surface area contributed by atoms with Crippen LogP contribution in [0, 0.1) is 0 Å². The summed E-state index contributed by atoms with van der Waals surface area (Å²) in [6.45, 7) is 4.32. The van der Waals surface area contributed by atoms with Gasteiger partial charge in [-0.15, -0.1) is 6.58 Å². The first-order valence-corrected chi connectivity index (χ1v) is 3.67. The molecule has 0 aliphatic heterocycles. The molecule has 0 aliphatic carbocycles. The molecule has 1 aromatic heterocycles. The number of anilines is 1. The van der Waals surface area contributed by atoms with Crippen molar-refractivity contribution in [2.45, 2.75) is 0 Å². The maximum absolute atomic E-state index is 5.65. The third kappa shape index (κ3) is 2.60. The Hall–Kier alpha value is -1.02. The second-order valence-corrected chi connectivity index (χ2v) is 2.42. The lowest BCUT2D eigenvalue weighted by atomic mass is 10.4. The molecular weight excluding hydrogens is 160 g/mol. The summed E-state index contributed by atoms with van der Waals surface area (Å²) in [5, 5.41) is 3.59. The van der Waals surface area contributed by atoms with Crippen LogP contribution in [0.25, 0.3) is 0 Å². The van der Waals surface area contributed by atoms with E-state index in [0.717, 1.165) is 12.2 Å². The number of halogens is 1. The van der Waals surface area contributed by atoms with Crippen LogP contribution >= 0.6 is 11.6 Å². The second kappa shape index (κ2) is 3.98. The first-order valence-electron chi connectivity index (χ1n) is 3.29. The zero-order chi connectivity index (χ0) is 8.10. The van der Waals surface area contributed by atoms with Crippen molar-refractivity contribution >= 4 is 17.3 Å². The summed E-state index contributed by atoms with van der Waals surface area (Å²) >= 11 is 5.65. The van der Waals surface area contributed by atoms with E-state index in [1.54, 1.807) is 18.3 Å². The minimum atomic E-state index is 0.499. The van der Waals surface area contributed by atoms with Crippen molar-refractivity contribution in [1.29, 1.82) is 0 Å². The standard InChI is InChI=1S/C8H9ClN2/c1-2-4-10-7-3-5-11-8(9)6-7/h2-3,5-6H,1,4H2,(H,10,11). The summed E-state index contributed by atoms with van der Waals surface area (Å²) in [6.07, 6.45) is 3.45. The first-order chi connectivity index (χ1) is 5.33. The normalized spacial score (nSPS) is 9.18. The molecule has 0 aromatic carbocycles. The quantitative estimate of drug-likeness (QED) is 0.554. The van der Waals surface area contributed by atoms with Gasteiger partial charge in [-0.2, -0.15) is 0 Å². The number of pyridine rings is 1. The van der Waals surface area contributed by atoms with E-state index in [4.69, 9.17) is 11.6 Å². The number of aromatic nitrogens is 1. The van der Waals surface area contributed by atoms with E-state index in [0.29, 0.717) is 5.15 Å². The second-order valence-electron chi connectivity index (χ2n) is 2.04. The van der Waals surface area contributed by atoms with Crippen molar-refractivity contribution in [3.63, 3.8) is 0 Å². The smallest absolute Gasteiger partial charge is 0.131 e. The molecule has 0 bridgehead atoms. The minimum absolute atomic E-state index is 0.499. The van der Waals surface area contributed by atoms with Crippen LogP contribution in [0.1, 0.15) is 0 Å². The Balaban J connectivity index is 2.63. The van der Waals surface area contributed by atoms with E-state index in [1.165, 1.54) is 0 Å². The van der Waals surface area contributed by atoms with Gasteiger partial charge in [-0.05, 0) is 12.1 Å². The molecule has 3 heteroatoms. The Morgan fingerprint density at radius 1 is 1.73 bits per heavy atom. The van der Waals surface area contributed by atoms with E-state index in [2.05, 4.69) is 16.9 Å². The first kappa shape index (κ1) is 8.08. The van der Waals surface area contributed by atoms with E-state index in [1.807, 2.05) is 6.07 Å². The van der Waals surface area contributed by atoms with Gasteiger partial charge in [0.25, 0.3) is 0 Å². The topological polar surface area (TPSA) is 24.9 Å². The van der Waals surface area contributed by atoms with Gasteiger partial charge in [-0.1, -0.05) is 17.7 Å². The molecule has 0 amide bonds. The Bertz CT molecular complexity index is 248. The summed E-state index contributed by atoms with van der Waals surface area (Å²) in [5.74, 6) is 0. The fourth-order valence-electron chi connectivity index (χ4n) is 0.702. The highest BCUT2D eigenvalue weighted by atomic mass is 35.5. The molecule has 2 nitrogen and oxygen atoms in total. The van der Waals surface area contributed by atoms with Crippen molar-refractivity contribution < 1.29 is 0 Å². The van der Waals surface area contributed by atoms with Gasteiger partial charge in [-0.25, -0.2) is 4.98 Å². The fraction of sp³-hybridized carbons (Fsp3) is 0.125. The van der Waals surface area contributed by atoms with Crippen molar-refractivity contribution in [2.75, 3.05) is 11.9 Å². The van der Waals surface area contributed by atoms with Gasteiger partial charge >= 0.3 is 0 Å². The Morgan fingerprint density at radius 2 is 2.55 bits per heavy atom. The van der Waals surface area contributed by atoms with Crippen molar-refractivity contribution in [3.8, 4) is 0 Å². The fourth-order valence-corrected chi connectivity index (χ4v) is 0.876. The maximum atomic E-state index is 5.65. The highest BCUT2D eigenvalue weighted by Gasteiger charge is 1.90. The van der Waals surface area contributed by atoms with Crippen LogP contribution in [0.3, 0.4) is 0 Å². The predicted molar refractivity (Wildman–Crippen MR) is 47.9 cm³/mol. The van der Waals surface area contributed by atoms with E-state index in [-0.39, 0.29) is 0 Å². The molecule has 0 radical (unpaired) electrons. The lowest BCUT2D eigenvalue weighted by Crippen LogP contribution is -1.97. The van der Waals surface area contributed by atoms with Crippen molar-refractivity contribution in [3.05, 3.63) is 36.1 Å². The average molecular weight is 169 g/mol. The van der Waals surface area contributed by atoms with Crippen LogP contribution in [0.2, 0.25) is 5.15 Å². The summed E-state index contributed by atoms with van der Waals surface area (Å²) < 4.78 is 0. The molecule has 0 unspecified atom stereocenters. The maximum Gasteiger partial charge on any atom is 0.131 e. The zero-order valence-corrected chi connectivity index (χ0v) is 6.80. The monoisotopic (exact) mass is 168 g/mol. The molecular formula is C8H9ClN2. The number of hydrogen-bond acceptors (Lipinski definition) is 2. The SMILES string of the molecule is C=CCNc1ccnc(Cl)c1. The van der Waals surface area contributed by atoms with E-state index in [9.17, 15) is 0 Å². The molecule has 0 atom stereocenters. The van der Waals surface area contributed by atoms with Gasteiger partial charge in [0.1, 0.15) is 5.15 Å². The minimum Gasteiger partial charge on any atom is -0.381 e. The molecule has 1 aromatic rings. The van der Waals surface area contributed by atoms with Gasteiger partial charge in [0.05, 0.1) is 0 Å². The molecule has 0 spiro atoms. The van der Waals surface area contributed by atoms with Crippen LogP contribution < -0.4 is 5.32 Å². The largest absolute Gasteiger partial charge is 0.381 e. The molecule has 0 aliphatic rings. The third-order valence-electron chi connectivity index (χ3n) is 1.18. The lowest BCUT2D eigenvalue weighted by molar-refractivity contribution is 1.28. The summed E-state index contributed by atoms with van der Waals surface area (Å²) in [4.78, 5) is 3.85. The highest BCUT2D eigenvalue weighted by molar-refractivity contribution is 6.29. The molecule has 1 rings (SSSR count). The molecule has 0 saturated carbocycles. The van der Waals surface area contributed by atoms with Crippen LogP contribution in [-0.2, 0) is 0 Å². The Morgan fingerprint density at radius 3 is 3.18 bits per heavy atom. The Kier molecular flexibility index (Phi) is 2.93. The molecule has 0 saturated heterocycles. The van der Waals surface area contributed by atoms with Gasteiger partial charge in [-0.3, -0.25) is 0 Å². The van der Waals surface area contributed by atoms with Gasteiger partial charge in [0.15, 0.2) is 0 Å². The summed E-state index contributed by atoms with van der Waals surface area (Å²) in [5.41, 5.74) is 0.963. The van der Waals surface area contributed by atoms with Crippen LogP contribution in [-0.4, -0.2) is 11.5 Å². The average Bonchev–Trinajstić information content (AvgIpc) is 2.01. The van der Waals surface area contributed by atoms with Gasteiger partial charge in [0, 0.05) is 18.4 Å². The van der Waals surface area contributed by atoms with Gasteiger partial charge < -0.3 is 5.32 Å². The summed E-state index contributed by atoms with van der Waals surface area (Å²) in [7, 11) is 0. The molecule has 0 fully saturated rings. The van der Waals surface area contributed by atoms with E-state index >= 15 is 0 Å².